The summed E-state index contributed by atoms with van der Waals surface area (Å²) in [6.45, 7) is 14.1. The molecule has 0 heterocycles. The summed E-state index contributed by atoms with van der Waals surface area (Å²) in [4.78, 5) is 1.90. The molecule has 0 saturated heterocycles. The molecule has 0 aliphatic rings. The van der Waals surface area contributed by atoms with Crippen LogP contribution in [-0.2, 0) is 4.65 Å². The van der Waals surface area contributed by atoms with E-state index in [1.165, 1.54) is 0 Å². The Balaban J connectivity index is 5.30. The summed E-state index contributed by atoms with van der Waals surface area (Å²) >= 11 is 11.0. The summed E-state index contributed by atoms with van der Waals surface area (Å²) in [5.41, 5.74) is 0.439. The highest BCUT2D eigenvalue weighted by Crippen LogP contribution is 2.22. The molecule has 126 valence electrons. The molecule has 0 saturated carbocycles. The minimum Gasteiger partial charge on any atom is -0.426 e. The Kier molecular flexibility index (Phi) is 10.1. The maximum absolute atomic E-state index is 13.6. The van der Waals surface area contributed by atoms with Gasteiger partial charge in [-0.3, -0.25) is 0 Å². The number of halogens is 4. The molecule has 0 N–H and O–H groups in total. The van der Waals surface area contributed by atoms with Gasteiger partial charge in [-0.25, -0.2) is 8.78 Å². The van der Waals surface area contributed by atoms with E-state index in [1.54, 1.807) is 0 Å². The van der Waals surface area contributed by atoms with Crippen LogP contribution in [0.1, 0.15) is 0 Å². The second-order valence-corrected chi connectivity index (χ2v) is 5.91. The minimum atomic E-state index is -0.835. The smallest absolute Gasteiger partial charge is 0.360 e. The lowest BCUT2D eigenvalue weighted by atomic mass is 9.54. The van der Waals surface area contributed by atoms with Gasteiger partial charge in [0.25, 0.3) is 0 Å². The number of hydrogen-bond donors (Lipinski definition) is 0. The largest absolute Gasteiger partial charge is 0.426 e. The number of hydrogen-bond acceptors (Lipinski definition) is 2. The highest BCUT2D eigenvalue weighted by atomic mass is 35.5. The first kappa shape index (κ1) is 21.9. The van der Waals surface area contributed by atoms with Crippen molar-refractivity contribution in [3.8, 4) is 0 Å². The van der Waals surface area contributed by atoms with Crippen molar-refractivity contribution in [2.45, 2.75) is 0 Å². The SMILES string of the molecule is C=C(/C=C(/F)C(=C)Cl)B(OCCN(C)C)C(=C)/C=C(/F)C(=C)Cl. The fraction of sp³-hybridized carbons (Fsp3) is 0.250. The van der Waals surface area contributed by atoms with Gasteiger partial charge in [0.15, 0.2) is 0 Å². The van der Waals surface area contributed by atoms with Crippen molar-refractivity contribution in [3.63, 3.8) is 0 Å². The number of likely N-dealkylation sites (N-methyl/N-ethyl adjacent to an activating group) is 1. The van der Waals surface area contributed by atoms with E-state index in [1.807, 2.05) is 19.0 Å². The third-order valence-electron chi connectivity index (χ3n) is 2.64. The van der Waals surface area contributed by atoms with Crippen molar-refractivity contribution >= 4 is 30.1 Å². The van der Waals surface area contributed by atoms with Crippen LogP contribution in [0.25, 0.3) is 0 Å². The van der Waals surface area contributed by atoms with E-state index in [0.717, 1.165) is 12.2 Å². The van der Waals surface area contributed by atoms with Crippen LogP contribution in [0.2, 0.25) is 0 Å². The molecule has 0 aromatic carbocycles. The third kappa shape index (κ3) is 8.91. The number of rotatable bonds is 10. The molecule has 0 bridgehead atoms. The first-order valence-electron chi connectivity index (χ1n) is 6.64. The van der Waals surface area contributed by atoms with Crippen LogP contribution in [0, 0.1) is 0 Å². The van der Waals surface area contributed by atoms with Gasteiger partial charge in [0.05, 0.1) is 10.1 Å². The lowest BCUT2D eigenvalue weighted by Gasteiger charge is -2.17. The van der Waals surface area contributed by atoms with E-state index in [9.17, 15) is 8.78 Å². The molecular formula is C16H20BCl2F2NO. The lowest BCUT2D eigenvalue weighted by molar-refractivity contribution is 0.267. The van der Waals surface area contributed by atoms with Crippen molar-refractivity contribution in [3.05, 3.63) is 71.1 Å². The zero-order valence-corrected chi connectivity index (χ0v) is 14.9. The van der Waals surface area contributed by atoms with Gasteiger partial charge in [-0.1, -0.05) is 36.4 Å². The molecular weight excluding hydrogens is 342 g/mol. The normalized spacial score (nSPS) is 12.3. The second-order valence-electron chi connectivity index (χ2n) is 5.00. The fourth-order valence-corrected chi connectivity index (χ4v) is 1.55. The highest BCUT2D eigenvalue weighted by Gasteiger charge is 2.23. The van der Waals surface area contributed by atoms with Gasteiger partial charge >= 0.3 is 6.92 Å². The average Bonchev–Trinajstić information content (AvgIpc) is 2.42. The Bertz CT molecular complexity index is 514. The monoisotopic (exact) mass is 361 g/mol. The number of nitrogens with zero attached hydrogens (tertiary/aromatic N) is 1. The fourth-order valence-electron chi connectivity index (χ4n) is 1.44. The van der Waals surface area contributed by atoms with Gasteiger partial charge < -0.3 is 9.55 Å². The quantitative estimate of drug-likeness (QED) is 0.403. The molecule has 0 fully saturated rings. The van der Waals surface area contributed by atoms with E-state index in [4.69, 9.17) is 27.9 Å². The molecule has 0 aliphatic carbocycles. The molecule has 0 aliphatic heterocycles. The van der Waals surface area contributed by atoms with Crippen molar-refractivity contribution in [2.75, 3.05) is 27.2 Å². The van der Waals surface area contributed by atoms with Gasteiger partial charge in [-0.2, -0.15) is 0 Å². The van der Waals surface area contributed by atoms with E-state index in [-0.39, 0.29) is 21.0 Å². The maximum atomic E-state index is 13.6. The van der Waals surface area contributed by atoms with E-state index < -0.39 is 18.6 Å². The second kappa shape index (κ2) is 10.6. The summed E-state index contributed by atoms with van der Waals surface area (Å²) in [5, 5.41) is -0.528. The molecule has 0 spiro atoms. The summed E-state index contributed by atoms with van der Waals surface area (Å²) in [7, 11) is 3.74. The van der Waals surface area contributed by atoms with Gasteiger partial charge in [-0.15, -0.1) is 13.2 Å². The van der Waals surface area contributed by atoms with Gasteiger partial charge in [0.2, 0.25) is 0 Å². The molecule has 0 unspecified atom stereocenters. The Morgan fingerprint density at radius 1 is 1.00 bits per heavy atom. The molecule has 23 heavy (non-hydrogen) atoms. The van der Waals surface area contributed by atoms with Gasteiger partial charge in [0, 0.05) is 13.2 Å². The van der Waals surface area contributed by atoms with Crippen LogP contribution in [0.15, 0.2) is 71.1 Å². The van der Waals surface area contributed by atoms with Crippen LogP contribution in [0.4, 0.5) is 8.78 Å². The molecule has 0 rings (SSSR count). The van der Waals surface area contributed by atoms with Crippen LogP contribution >= 0.6 is 23.2 Å². The highest BCUT2D eigenvalue weighted by molar-refractivity contribution is 6.69. The van der Waals surface area contributed by atoms with Crippen LogP contribution in [-0.4, -0.2) is 39.1 Å². The molecule has 0 amide bonds. The summed E-state index contributed by atoms with van der Waals surface area (Å²) in [5.74, 6) is -1.51. The summed E-state index contributed by atoms with van der Waals surface area (Å²) < 4.78 is 32.8. The topological polar surface area (TPSA) is 12.5 Å². The third-order valence-corrected chi connectivity index (χ3v) is 3.00. The molecule has 0 atom stereocenters. The first-order valence-corrected chi connectivity index (χ1v) is 7.39. The maximum Gasteiger partial charge on any atom is 0.360 e. The van der Waals surface area contributed by atoms with Crippen molar-refractivity contribution in [1.29, 1.82) is 0 Å². The van der Waals surface area contributed by atoms with E-state index in [0.29, 0.717) is 13.2 Å². The summed E-state index contributed by atoms with van der Waals surface area (Å²) in [6, 6.07) is 0. The Labute approximate surface area is 147 Å². The van der Waals surface area contributed by atoms with Crippen LogP contribution in [0.5, 0.6) is 0 Å². The average molecular weight is 362 g/mol. The van der Waals surface area contributed by atoms with Crippen molar-refractivity contribution in [1.82, 2.24) is 4.90 Å². The molecule has 0 radical (unpaired) electrons. The van der Waals surface area contributed by atoms with Crippen LogP contribution < -0.4 is 0 Å². The Morgan fingerprint density at radius 2 is 1.39 bits per heavy atom. The Morgan fingerprint density at radius 3 is 1.70 bits per heavy atom. The van der Waals surface area contributed by atoms with E-state index >= 15 is 0 Å². The zero-order valence-electron chi connectivity index (χ0n) is 13.3. The standard InChI is InChI=1S/C16H20BCl2F2NO/c1-11(9-15(20)13(3)18)17(23-8-7-22(5)6)12(2)10-16(21)14(4)19/h9-10H,1-4,7-8H2,5-6H3/b15-9+,16-10+. The van der Waals surface area contributed by atoms with Gasteiger partial charge in [0.1, 0.15) is 11.7 Å². The lowest BCUT2D eigenvalue weighted by Crippen LogP contribution is -2.28. The number of allylic oxidation sites excluding steroid dienone is 8. The zero-order chi connectivity index (χ0) is 18.2. The molecule has 2 nitrogen and oxygen atoms in total. The van der Waals surface area contributed by atoms with Crippen molar-refractivity contribution in [2.24, 2.45) is 0 Å². The van der Waals surface area contributed by atoms with Crippen LogP contribution in [0.3, 0.4) is 0 Å². The van der Waals surface area contributed by atoms with Gasteiger partial charge in [-0.05, 0) is 37.2 Å². The molecule has 0 aromatic heterocycles. The Hall–Kier alpha value is -1.14. The predicted octanol–water partition coefficient (Wildman–Crippen LogP) is 4.96. The van der Waals surface area contributed by atoms with Crippen molar-refractivity contribution < 1.29 is 13.4 Å². The molecule has 7 heteroatoms. The molecule has 0 aromatic rings. The first-order chi connectivity index (χ1) is 10.6. The summed E-state index contributed by atoms with van der Waals surface area (Å²) in [6.07, 6.45) is 2.14. The minimum absolute atomic E-state index is 0.220. The predicted molar refractivity (Wildman–Crippen MR) is 96.9 cm³/mol. The van der Waals surface area contributed by atoms with E-state index in [2.05, 4.69) is 26.3 Å².